The molecule has 2 aromatic carbocycles. The molecular formula is C18H17BrClN3OS. The molecule has 0 atom stereocenters. The van der Waals surface area contributed by atoms with Gasteiger partial charge in [0.25, 0.3) is 5.91 Å². The van der Waals surface area contributed by atoms with Crippen LogP contribution in [0.5, 0.6) is 0 Å². The second-order valence-corrected chi connectivity index (χ2v) is 7.47. The number of rotatable bonds is 3. The zero-order valence-corrected chi connectivity index (χ0v) is 16.5. The Hall–Kier alpha value is -1.63. The summed E-state index contributed by atoms with van der Waals surface area (Å²) >= 11 is 14.7. The van der Waals surface area contributed by atoms with Crippen molar-refractivity contribution in [3.63, 3.8) is 0 Å². The number of anilines is 2. The molecule has 0 aromatic heterocycles. The van der Waals surface area contributed by atoms with Crippen LogP contribution in [0.4, 0.5) is 11.4 Å². The maximum absolute atomic E-state index is 12.4. The summed E-state index contributed by atoms with van der Waals surface area (Å²) < 4.78 is 0.778. The predicted molar refractivity (Wildman–Crippen MR) is 111 cm³/mol. The Bertz CT molecular complexity index is 809. The number of benzene rings is 2. The molecule has 0 unspecified atom stereocenters. The lowest BCUT2D eigenvalue weighted by Crippen LogP contribution is -2.34. The fourth-order valence-corrected chi connectivity index (χ4v) is 3.58. The van der Waals surface area contributed by atoms with Crippen molar-refractivity contribution in [2.45, 2.75) is 12.8 Å². The van der Waals surface area contributed by atoms with Crippen LogP contribution in [0.2, 0.25) is 5.02 Å². The number of hydrogen-bond acceptors (Lipinski definition) is 3. The molecular weight excluding hydrogens is 422 g/mol. The van der Waals surface area contributed by atoms with Crippen molar-refractivity contribution >= 4 is 62.1 Å². The summed E-state index contributed by atoms with van der Waals surface area (Å²) in [5, 5.41) is 6.43. The highest BCUT2D eigenvalue weighted by Gasteiger charge is 2.17. The summed E-state index contributed by atoms with van der Waals surface area (Å²) in [6, 6.07) is 13.1. The van der Waals surface area contributed by atoms with Crippen LogP contribution >= 0.6 is 39.7 Å². The van der Waals surface area contributed by atoms with Gasteiger partial charge in [-0.1, -0.05) is 39.7 Å². The van der Waals surface area contributed by atoms with Gasteiger partial charge < -0.3 is 10.2 Å². The Kier molecular flexibility index (Phi) is 5.93. The highest BCUT2D eigenvalue weighted by atomic mass is 79.9. The first-order chi connectivity index (χ1) is 12.0. The van der Waals surface area contributed by atoms with E-state index in [1.165, 1.54) is 12.8 Å². The zero-order valence-electron chi connectivity index (χ0n) is 13.4. The van der Waals surface area contributed by atoms with Crippen LogP contribution in [0.25, 0.3) is 0 Å². The van der Waals surface area contributed by atoms with E-state index in [0.717, 1.165) is 28.9 Å². The van der Waals surface area contributed by atoms with Crippen LogP contribution in [0.3, 0.4) is 0 Å². The number of thiocarbonyl (C=S) groups is 1. The molecule has 1 amide bonds. The average Bonchev–Trinajstić information content (AvgIpc) is 3.11. The van der Waals surface area contributed by atoms with Gasteiger partial charge in [0.05, 0.1) is 22.0 Å². The summed E-state index contributed by atoms with van der Waals surface area (Å²) in [5.41, 5.74) is 2.35. The Morgan fingerprint density at radius 2 is 1.88 bits per heavy atom. The Labute approximate surface area is 165 Å². The topological polar surface area (TPSA) is 44.4 Å². The molecule has 25 heavy (non-hydrogen) atoms. The lowest BCUT2D eigenvalue weighted by molar-refractivity contribution is 0.0978. The van der Waals surface area contributed by atoms with E-state index in [9.17, 15) is 4.79 Å². The largest absolute Gasteiger partial charge is 0.370 e. The standard InChI is InChI=1S/C18H17BrClN3OS/c19-12-7-8-14(20)13(11-12)17(24)22-18(25)21-15-5-1-2-6-16(15)23-9-3-4-10-23/h1-2,5-8,11H,3-4,9-10H2,(H2,21,22,24,25). The molecule has 1 aliphatic rings. The van der Waals surface area contributed by atoms with Crippen LogP contribution in [0, 0.1) is 0 Å². The number of para-hydroxylation sites is 2. The number of amides is 1. The number of nitrogens with one attached hydrogen (secondary N) is 2. The van der Waals surface area contributed by atoms with Crippen molar-refractivity contribution < 1.29 is 4.79 Å². The SMILES string of the molecule is O=C(NC(=S)Nc1ccccc1N1CCCC1)c1cc(Br)ccc1Cl. The third kappa shape index (κ3) is 4.51. The minimum Gasteiger partial charge on any atom is -0.370 e. The molecule has 4 nitrogen and oxygen atoms in total. The quantitative estimate of drug-likeness (QED) is 0.674. The summed E-state index contributed by atoms with van der Waals surface area (Å²) in [6.07, 6.45) is 2.38. The van der Waals surface area contributed by atoms with Gasteiger partial charge in [0.15, 0.2) is 5.11 Å². The van der Waals surface area contributed by atoms with E-state index in [2.05, 4.69) is 37.5 Å². The lowest BCUT2D eigenvalue weighted by atomic mass is 10.2. The predicted octanol–water partition coefficient (Wildman–Crippen LogP) is 4.83. The maximum Gasteiger partial charge on any atom is 0.258 e. The van der Waals surface area contributed by atoms with Crippen molar-refractivity contribution in [3.05, 3.63) is 57.5 Å². The molecule has 0 saturated carbocycles. The van der Waals surface area contributed by atoms with Crippen molar-refractivity contribution in [1.82, 2.24) is 5.32 Å². The highest BCUT2D eigenvalue weighted by Crippen LogP contribution is 2.28. The fraction of sp³-hybridized carbons (Fsp3) is 0.222. The normalized spacial score (nSPS) is 13.6. The molecule has 130 valence electrons. The van der Waals surface area contributed by atoms with Gasteiger partial charge in [0, 0.05) is 17.6 Å². The Morgan fingerprint density at radius 3 is 2.64 bits per heavy atom. The summed E-state index contributed by atoms with van der Waals surface area (Å²) in [6.45, 7) is 2.07. The fourth-order valence-electron chi connectivity index (χ4n) is 2.81. The first kappa shape index (κ1) is 18.2. The number of carbonyl (C=O) groups is 1. The third-order valence-electron chi connectivity index (χ3n) is 4.00. The third-order valence-corrected chi connectivity index (χ3v) is 5.03. The molecule has 0 radical (unpaired) electrons. The van der Waals surface area contributed by atoms with Gasteiger partial charge in [-0.3, -0.25) is 10.1 Å². The van der Waals surface area contributed by atoms with Crippen molar-refractivity contribution in [2.24, 2.45) is 0 Å². The van der Waals surface area contributed by atoms with Crippen LogP contribution in [0.1, 0.15) is 23.2 Å². The van der Waals surface area contributed by atoms with Gasteiger partial charge in [-0.15, -0.1) is 0 Å². The zero-order chi connectivity index (χ0) is 17.8. The van der Waals surface area contributed by atoms with E-state index >= 15 is 0 Å². The Balaban J connectivity index is 1.71. The molecule has 1 saturated heterocycles. The van der Waals surface area contributed by atoms with Crippen LogP contribution in [-0.2, 0) is 0 Å². The highest BCUT2D eigenvalue weighted by molar-refractivity contribution is 9.10. The minimum absolute atomic E-state index is 0.243. The number of nitrogens with zero attached hydrogens (tertiary/aromatic N) is 1. The van der Waals surface area contributed by atoms with Crippen molar-refractivity contribution in [3.8, 4) is 0 Å². The molecule has 2 N–H and O–H groups in total. The van der Waals surface area contributed by atoms with Crippen molar-refractivity contribution in [2.75, 3.05) is 23.3 Å². The first-order valence-corrected chi connectivity index (χ1v) is 9.54. The van der Waals surface area contributed by atoms with Crippen LogP contribution in [-0.4, -0.2) is 24.1 Å². The summed E-state index contributed by atoms with van der Waals surface area (Å²) in [7, 11) is 0. The molecule has 0 spiro atoms. The van der Waals surface area contributed by atoms with Gasteiger partial charge in [-0.2, -0.15) is 0 Å². The molecule has 7 heteroatoms. The molecule has 1 fully saturated rings. The first-order valence-electron chi connectivity index (χ1n) is 7.96. The smallest absolute Gasteiger partial charge is 0.258 e. The van der Waals surface area contributed by atoms with E-state index in [4.69, 9.17) is 23.8 Å². The molecule has 2 aromatic rings. The van der Waals surface area contributed by atoms with Gasteiger partial charge in [-0.25, -0.2) is 0 Å². The average molecular weight is 439 g/mol. The number of carbonyl (C=O) groups excluding carboxylic acids is 1. The summed E-state index contributed by atoms with van der Waals surface area (Å²) in [4.78, 5) is 14.7. The number of halogens is 2. The molecule has 1 heterocycles. The van der Waals surface area contributed by atoms with Crippen LogP contribution in [0.15, 0.2) is 46.9 Å². The van der Waals surface area contributed by atoms with E-state index in [-0.39, 0.29) is 11.0 Å². The molecule has 1 aliphatic heterocycles. The second-order valence-electron chi connectivity index (χ2n) is 5.74. The van der Waals surface area contributed by atoms with Gasteiger partial charge in [0.2, 0.25) is 0 Å². The van der Waals surface area contributed by atoms with Gasteiger partial charge >= 0.3 is 0 Å². The second kappa shape index (κ2) is 8.17. The van der Waals surface area contributed by atoms with E-state index in [1.807, 2.05) is 18.2 Å². The van der Waals surface area contributed by atoms with E-state index in [0.29, 0.717) is 10.6 Å². The van der Waals surface area contributed by atoms with Crippen molar-refractivity contribution in [1.29, 1.82) is 0 Å². The summed E-state index contributed by atoms with van der Waals surface area (Å²) in [5.74, 6) is -0.345. The molecule has 0 bridgehead atoms. The van der Waals surface area contributed by atoms with E-state index in [1.54, 1.807) is 18.2 Å². The molecule has 0 aliphatic carbocycles. The Morgan fingerprint density at radius 1 is 1.16 bits per heavy atom. The number of hydrogen-bond donors (Lipinski definition) is 2. The van der Waals surface area contributed by atoms with Gasteiger partial charge in [0.1, 0.15) is 0 Å². The lowest BCUT2D eigenvalue weighted by Gasteiger charge is -2.22. The van der Waals surface area contributed by atoms with E-state index < -0.39 is 0 Å². The minimum atomic E-state index is -0.345. The monoisotopic (exact) mass is 437 g/mol. The van der Waals surface area contributed by atoms with Gasteiger partial charge in [-0.05, 0) is 55.4 Å². The maximum atomic E-state index is 12.4. The van der Waals surface area contributed by atoms with Crippen LogP contribution < -0.4 is 15.5 Å². The molecule has 3 rings (SSSR count).